The van der Waals surface area contributed by atoms with Crippen molar-refractivity contribution in [2.75, 3.05) is 18.2 Å². The number of nitrogens with zero attached hydrogens (tertiary/aromatic N) is 3. The van der Waals surface area contributed by atoms with Crippen LogP contribution in [0.1, 0.15) is 10.4 Å². The average molecular weight is 451 g/mol. The number of carbonyl (C=O) groups excluding carboxylic acids is 2. The predicted molar refractivity (Wildman–Crippen MR) is 114 cm³/mol. The fourth-order valence-corrected chi connectivity index (χ4v) is 3.75. The molecule has 0 radical (unpaired) electrons. The monoisotopic (exact) mass is 450 g/mol. The van der Waals surface area contributed by atoms with E-state index in [0.717, 1.165) is 0 Å². The highest BCUT2D eigenvalue weighted by Crippen LogP contribution is 2.30. The number of esters is 1. The number of hydrogen-bond acceptors (Lipinski definition) is 6. The number of nitrogens with one attached hydrogen (secondary N) is 1. The number of benzene rings is 2. The highest BCUT2D eigenvalue weighted by atomic mass is 35.5. The van der Waals surface area contributed by atoms with Gasteiger partial charge in [-0.3, -0.25) is 4.79 Å². The first-order valence-corrected chi connectivity index (χ1v) is 10.1. The minimum Gasteiger partial charge on any atom is -0.465 e. The molecule has 1 N–H and O–H groups in total. The molecule has 3 aromatic rings. The SMILES string of the molecule is COC(=O)c1ccccc1NC(=O)CSc1nnc(-c2ccc(Cl)cc2Cl)n1C. The van der Waals surface area contributed by atoms with Gasteiger partial charge in [0.25, 0.3) is 0 Å². The number of halogens is 2. The molecule has 10 heteroatoms. The van der Waals surface area contributed by atoms with Crippen LogP contribution < -0.4 is 5.32 Å². The van der Waals surface area contributed by atoms with Crippen LogP contribution in [0.25, 0.3) is 11.4 Å². The van der Waals surface area contributed by atoms with Crippen molar-refractivity contribution in [3.63, 3.8) is 0 Å². The number of ether oxygens (including phenoxy) is 1. The highest BCUT2D eigenvalue weighted by Gasteiger charge is 2.17. The van der Waals surface area contributed by atoms with E-state index in [1.54, 1.807) is 54.1 Å². The number of carbonyl (C=O) groups is 2. The Morgan fingerprint density at radius 3 is 2.66 bits per heavy atom. The second-order valence-electron chi connectivity index (χ2n) is 5.86. The van der Waals surface area contributed by atoms with Crippen molar-refractivity contribution >= 4 is 52.5 Å². The summed E-state index contributed by atoms with van der Waals surface area (Å²) < 4.78 is 6.47. The second-order valence-corrected chi connectivity index (χ2v) is 7.65. The smallest absolute Gasteiger partial charge is 0.339 e. The van der Waals surface area contributed by atoms with Crippen molar-refractivity contribution in [1.82, 2.24) is 14.8 Å². The van der Waals surface area contributed by atoms with Gasteiger partial charge < -0.3 is 14.6 Å². The zero-order valence-corrected chi connectivity index (χ0v) is 17.8. The van der Waals surface area contributed by atoms with Crippen molar-refractivity contribution in [2.45, 2.75) is 5.16 Å². The lowest BCUT2D eigenvalue weighted by atomic mass is 10.2. The number of para-hydroxylation sites is 1. The van der Waals surface area contributed by atoms with Crippen LogP contribution in [0.5, 0.6) is 0 Å². The Bertz CT molecular complexity index is 1070. The molecule has 0 aliphatic rings. The van der Waals surface area contributed by atoms with Crippen molar-refractivity contribution in [3.8, 4) is 11.4 Å². The summed E-state index contributed by atoms with van der Waals surface area (Å²) in [6.45, 7) is 0. The lowest BCUT2D eigenvalue weighted by molar-refractivity contribution is -0.113. The number of aromatic nitrogens is 3. The first-order valence-electron chi connectivity index (χ1n) is 8.35. The Morgan fingerprint density at radius 2 is 1.93 bits per heavy atom. The van der Waals surface area contributed by atoms with E-state index < -0.39 is 5.97 Å². The second kappa shape index (κ2) is 9.30. The van der Waals surface area contributed by atoms with Crippen LogP contribution in [0.2, 0.25) is 10.0 Å². The molecule has 7 nitrogen and oxygen atoms in total. The third-order valence-electron chi connectivity index (χ3n) is 3.95. The van der Waals surface area contributed by atoms with E-state index in [9.17, 15) is 9.59 Å². The van der Waals surface area contributed by atoms with Gasteiger partial charge in [-0.1, -0.05) is 47.1 Å². The number of hydrogen-bond donors (Lipinski definition) is 1. The van der Waals surface area contributed by atoms with Crippen LogP contribution in [0.4, 0.5) is 5.69 Å². The fraction of sp³-hybridized carbons (Fsp3) is 0.158. The number of anilines is 1. The highest BCUT2D eigenvalue weighted by molar-refractivity contribution is 7.99. The molecule has 0 aliphatic heterocycles. The summed E-state index contributed by atoms with van der Waals surface area (Å²) in [5.41, 5.74) is 1.36. The van der Waals surface area contributed by atoms with Gasteiger partial charge in [0.1, 0.15) is 0 Å². The van der Waals surface area contributed by atoms with Crippen LogP contribution in [-0.2, 0) is 16.6 Å². The van der Waals surface area contributed by atoms with Gasteiger partial charge in [0.05, 0.1) is 29.1 Å². The molecule has 150 valence electrons. The van der Waals surface area contributed by atoms with Crippen LogP contribution in [-0.4, -0.2) is 39.5 Å². The van der Waals surface area contributed by atoms with Crippen LogP contribution >= 0.6 is 35.0 Å². The summed E-state index contributed by atoms with van der Waals surface area (Å²) in [5.74, 6) is -0.173. The fourth-order valence-electron chi connectivity index (χ4n) is 2.54. The first kappa shape index (κ1) is 21.2. The normalized spacial score (nSPS) is 10.6. The van der Waals surface area contributed by atoms with E-state index in [1.165, 1.54) is 18.9 Å². The minimum atomic E-state index is -0.522. The van der Waals surface area contributed by atoms with Gasteiger partial charge in [-0.15, -0.1) is 10.2 Å². The summed E-state index contributed by atoms with van der Waals surface area (Å²) in [7, 11) is 3.07. The van der Waals surface area contributed by atoms with Crippen molar-refractivity contribution in [2.24, 2.45) is 7.05 Å². The summed E-state index contributed by atoms with van der Waals surface area (Å²) in [4.78, 5) is 24.2. The molecule has 0 saturated heterocycles. The van der Waals surface area contributed by atoms with Gasteiger partial charge in [-0.2, -0.15) is 0 Å². The van der Waals surface area contributed by atoms with Crippen LogP contribution in [0.3, 0.4) is 0 Å². The molecular weight excluding hydrogens is 435 g/mol. The molecule has 0 unspecified atom stereocenters. The summed E-state index contributed by atoms with van der Waals surface area (Å²) >= 11 is 13.4. The van der Waals surface area contributed by atoms with Crippen LogP contribution in [0.15, 0.2) is 47.6 Å². The molecule has 0 saturated carbocycles. The molecule has 2 aromatic carbocycles. The van der Waals surface area contributed by atoms with E-state index >= 15 is 0 Å². The number of methoxy groups -OCH3 is 1. The maximum Gasteiger partial charge on any atom is 0.339 e. The lowest BCUT2D eigenvalue weighted by Gasteiger charge is -2.09. The van der Waals surface area contributed by atoms with Crippen molar-refractivity contribution in [3.05, 3.63) is 58.1 Å². The predicted octanol–water partition coefficient (Wildman–Crippen LogP) is 4.31. The largest absolute Gasteiger partial charge is 0.465 e. The topological polar surface area (TPSA) is 86.1 Å². The first-order chi connectivity index (χ1) is 13.9. The third kappa shape index (κ3) is 4.90. The summed E-state index contributed by atoms with van der Waals surface area (Å²) in [5, 5.41) is 12.5. The molecule has 0 bridgehead atoms. The van der Waals surface area contributed by atoms with E-state index in [2.05, 4.69) is 15.5 Å². The molecule has 0 fully saturated rings. The summed E-state index contributed by atoms with van der Waals surface area (Å²) in [6, 6.07) is 11.7. The van der Waals surface area contributed by atoms with Crippen molar-refractivity contribution < 1.29 is 14.3 Å². The molecule has 0 atom stereocenters. The van der Waals surface area contributed by atoms with E-state index in [1.807, 2.05) is 0 Å². The molecule has 1 amide bonds. The molecule has 1 heterocycles. The van der Waals surface area contributed by atoms with Gasteiger partial charge >= 0.3 is 5.97 Å². The number of thioether (sulfide) groups is 1. The molecule has 0 spiro atoms. The molecule has 0 aliphatic carbocycles. The van der Waals surface area contributed by atoms with E-state index in [0.29, 0.717) is 32.3 Å². The Hall–Kier alpha value is -2.55. The maximum atomic E-state index is 12.4. The zero-order valence-electron chi connectivity index (χ0n) is 15.5. The average Bonchev–Trinajstić information content (AvgIpc) is 3.06. The van der Waals surface area contributed by atoms with E-state index in [4.69, 9.17) is 27.9 Å². The third-order valence-corrected chi connectivity index (χ3v) is 5.51. The zero-order chi connectivity index (χ0) is 21.0. The Kier molecular flexibility index (Phi) is 6.79. The van der Waals surface area contributed by atoms with E-state index in [-0.39, 0.29) is 17.2 Å². The minimum absolute atomic E-state index is 0.0792. The van der Waals surface area contributed by atoms with Crippen molar-refractivity contribution in [1.29, 1.82) is 0 Å². The van der Waals surface area contributed by atoms with Gasteiger partial charge in [-0.05, 0) is 30.3 Å². The van der Waals surface area contributed by atoms with Crippen LogP contribution in [0, 0.1) is 0 Å². The molecule has 1 aromatic heterocycles. The quantitative estimate of drug-likeness (QED) is 0.444. The molecule has 29 heavy (non-hydrogen) atoms. The Balaban J connectivity index is 1.69. The maximum absolute atomic E-state index is 12.4. The number of amides is 1. The lowest BCUT2D eigenvalue weighted by Crippen LogP contribution is -2.17. The number of rotatable bonds is 6. The Labute approximate surface area is 181 Å². The summed E-state index contributed by atoms with van der Waals surface area (Å²) in [6.07, 6.45) is 0. The molecule has 3 rings (SSSR count). The Morgan fingerprint density at radius 1 is 1.17 bits per heavy atom. The van der Waals surface area contributed by atoms with Gasteiger partial charge in [-0.25, -0.2) is 4.79 Å². The van der Waals surface area contributed by atoms with Gasteiger partial charge in [0, 0.05) is 17.6 Å². The van der Waals surface area contributed by atoms with Gasteiger partial charge in [0.15, 0.2) is 11.0 Å². The molecular formula is C19H16Cl2N4O3S. The standard InChI is InChI=1S/C19H16Cl2N4O3S/c1-25-17(12-8-7-11(20)9-14(12)21)23-24-19(25)29-10-16(26)22-15-6-4-3-5-13(15)18(27)28-2/h3-9H,10H2,1-2H3,(H,22,26). The van der Waals surface area contributed by atoms with Gasteiger partial charge in [0.2, 0.25) is 5.91 Å².